The Morgan fingerprint density at radius 3 is 2.47 bits per heavy atom. The van der Waals surface area contributed by atoms with Crippen molar-refractivity contribution in [1.29, 1.82) is 0 Å². The molecule has 0 aromatic heterocycles. The van der Waals surface area contributed by atoms with Crippen LogP contribution in [0.25, 0.3) is 0 Å². The average Bonchev–Trinajstić information content (AvgIpc) is 2.81. The zero-order chi connectivity index (χ0) is 24.7. The molecule has 3 atom stereocenters. The quantitative estimate of drug-likeness (QED) is 0.396. The number of aliphatic hydroxyl groups is 1. The van der Waals surface area contributed by atoms with E-state index in [1.165, 1.54) is 18.2 Å². The number of nitrogens with one attached hydrogen (secondary N) is 2. The van der Waals surface area contributed by atoms with Gasteiger partial charge in [0.15, 0.2) is 0 Å². The third-order valence-corrected chi connectivity index (χ3v) is 6.34. The number of rotatable bonds is 8. The molecule has 3 unspecified atom stereocenters. The molecular weight excluding hydrogens is 434 g/mol. The van der Waals surface area contributed by atoms with E-state index in [0.717, 1.165) is 31.2 Å². The van der Waals surface area contributed by atoms with Crippen molar-refractivity contribution in [2.24, 2.45) is 0 Å². The molecule has 8 nitrogen and oxygen atoms in total. The Bertz CT molecular complexity index is 865. The van der Waals surface area contributed by atoms with Crippen LogP contribution >= 0.6 is 0 Å². The third kappa shape index (κ3) is 7.55. The second-order valence-corrected chi connectivity index (χ2v) is 10.2. The first-order valence-corrected chi connectivity index (χ1v) is 12.2. The van der Waals surface area contributed by atoms with Crippen molar-refractivity contribution in [3.8, 4) is 0 Å². The summed E-state index contributed by atoms with van der Waals surface area (Å²) in [4.78, 5) is 32.7. The lowest BCUT2D eigenvalue weighted by Crippen LogP contribution is -2.55. The normalized spacial score (nSPS) is 20.8. The SMILES string of the molecule is CNC(=O)OC(Cc1ccccc1)C(O)CN1CC2=C(CCCC2)CC1C(=O)NOC(C)(C)C. The van der Waals surface area contributed by atoms with Gasteiger partial charge in [0.05, 0.1) is 11.6 Å². The molecule has 1 aromatic rings. The zero-order valence-electron chi connectivity index (χ0n) is 20.8. The van der Waals surface area contributed by atoms with Crippen molar-refractivity contribution in [1.82, 2.24) is 15.7 Å². The maximum atomic E-state index is 13.1. The predicted octanol–water partition coefficient (Wildman–Crippen LogP) is 3.11. The van der Waals surface area contributed by atoms with Gasteiger partial charge >= 0.3 is 6.09 Å². The lowest BCUT2D eigenvalue weighted by Gasteiger charge is -2.40. The highest BCUT2D eigenvalue weighted by molar-refractivity contribution is 5.81. The largest absolute Gasteiger partial charge is 0.443 e. The van der Waals surface area contributed by atoms with Crippen LogP contribution in [0.1, 0.15) is 58.4 Å². The summed E-state index contributed by atoms with van der Waals surface area (Å²) < 4.78 is 5.54. The Morgan fingerprint density at radius 1 is 1.15 bits per heavy atom. The van der Waals surface area contributed by atoms with Gasteiger partial charge in [0.2, 0.25) is 0 Å². The van der Waals surface area contributed by atoms with Crippen LogP contribution in [0, 0.1) is 0 Å². The van der Waals surface area contributed by atoms with E-state index >= 15 is 0 Å². The number of hydroxylamine groups is 1. The maximum Gasteiger partial charge on any atom is 0.407 e. The van der Waals surface area contributed by atoms with Crippen LogP contribution < -0.4 is 10.8 Å². The monoisotopic (exact) mass is 473 g/mol. The molecule has 8 heteroatoms. The molecule has 0 saturated heterocycles. The number of amides is 2. The molecule has 0 fully saturated rings. The van der Waals surface area contributed by atoms with Crippen molar-refractivity contribution in [2.75, 3.05) is 20.1 Å². The van der Waals surface area contributed by atoms with Crippen molar-refractivity contribution >= 4 is 12.0 Å². The topological polar surface area (TPSA) is 100 Å². The summed E-state index contributed by atoms with van der Waals surface area (Å²) >= 11 is 0. The zero-order valence-corrected chi connectivity index (χ0v) is 20.8. The standard InChI is InChI=1S/C26H39N3O5/c1-26(2,3)34-28-24(31)21-15-19-12-8-9-13-20(19)16-29(21)17-22(30)23(33-25(32)27-4)14-18-10-6-5-7-11-18/h5-7,10-11,21-23,30H,8-9,12-17H2,1-4H3,(H,27,32)(H,28,31). The van der Waals surface area contributed by atoms with Gasteiger partial charge in [0.1, 0.15) is 12.2 Å². The Balaban J connectivity index is 1.77. The summed E-state index contributed by atoms with van der Waals surface area (Å²) in [6.07, 6.45) is 3.03. The smallest absolute Gasteiger partial charge is 0.407 e. The van der Waals surface area contributed by atoms with Gasteiger partial charge in [-0.2, -0.15) is 0 Å². The number of aliphatic hydroxyl groups excluding tert-OH is 1. The predicted molar refractivity (Wildman–Crippen MR) is 130 cm³/mol. The van der Waals surface area contributed by atoms with Crippen molar-refractivity contribution in [3.63, 3.8) is 0 Å². The highest BCUT2D eigenvalue weighted by Gasteiger charge is 2.37. The second-order valence-electron chi connectivity index (χ2n) is 10.2. The van der Waals surface area contributed by atoms with E-state index in [9.17, 15) is 14.7 Å². The molecule has 188 valence electrons. The van der Waals surface area contributed by atoms with Gasteiger partial charge in [0.25, 0.3) is 5.91 Å². The van der Waals surface area contributed by atoms with Crippen LogP contribution in [-0.4, -0.2) is 66.0 Å². The number of hydrogen-bond acceptors (Lipinski definition) is 6. The van der Waals surface area contributed by atoms with Gasteiger partial charge in [-0.1, -0.05) is 41.5 Å². The van der Waals surface area contributed by atoms with E-state index in [0.29, 0.717) is 19.4 Å². The van der Waals surface area contributed by atoms with Gasteiger partial charge in [-0.3, -0.25) is 14.5 Å². The van der Waals surface area contributed by atoms with E-state index in [1.807, 2.05) is 56.0 Å². The fourth-order valence-electron chi connectivity index (χ4n) is 4.56. The van der Waals surface area contributed by atoms with Crippen molar-refractivity contribution in [3.05, 3.63) is 47.0 Å². The summed E-state index contributed by atoms with van der Waals surface area (Å²) in [5.41, 5.74) is 5.79. The van der Waals surface area contributed by atoms with Crippen LogP contribution in [0.15, 0.2) is 41.5 Å². The Labute approximate surface area is 202 Å². The number of ether oxygens (including phenoxy) is 1. The first-order chi connectivity index (χ1) is 16.2. The molecule has 1 heterocycles. The molecule has 3 rings (SSSR count). The lowest BCUT2D eigenvalue weighted by molar-refractivity contribution is -0.152. The van der Waals surface area contributed by atoms with Crippen molar-refractivity contribution < 1.29 is 24.3 Å². The lowest BCUT2D eigenvalue weighted by atomic mass is 9.83. The summed E-state index contributed by atoms with van der Waals surface area (Å²) in [5.74, 6) is -0.217. The van der Waals surface area contributed by atoms with E-state index in [4.69, 9.17) is 9.57 Å². The molecule has 2 amide bonds. The summed E-state index contributed by atoms with van der Waals surface area (Å²) in [7, 11) is 1.49. The molecule has 0 saturated carbocycles. The maximum absolute atomic E-state index is 13.1. The number of benzene rings is 1. The Morgan fingerprint density at radius 2 is 1.82 bits per heavy atom. The molecule has 0 bridgehead atoms. The van der Waals surface area contributed by atoms with Crippen LogP contribution in [-0.2, 0) is 20.8 Å². The molecule has 1 aromatic carbocycles. The summed E-state index contributed by atoms with van der Waals surface area (Å²) in [6, 6.07) is 9.17. The highest BCUT2D eigenvalue weighted by Crippen LogP contribution is 2.34. The number of hydrogen-bond donors (Lipinski definition) is 3. The number of nitrogens with zero attached hydrogens (tertiary/aromatic N) is 1. The minimum atomic E-state index is -0.970. The third-order valence-electron chi connectivity index (χ3n) is 6.34. The molecule has 3 N–H and O–H groups in total. The van der Waals surface area contributed by atoms with Gasteiger partial charge in [-0.05, 0) is 58.4 Å². The summed E-state index contributed by atoms with van der Waals surface area (Å²) in [6.45, 7) is 6.46. The van der Waals surface area contributed by atoms with E-state index < -0.39 is 29.9 Å². The molecule has 2 aliphatic rings. The molecule has 0 spiro atoms. The van der Waals surface area contributed by atoms with E-state index in [-0.39, 0.29) is 12.5 Å². The number of alkyl carbamates (subject to hydrolysis) is 1. The van der Waals surface area contributed by atoms with Gasteiger partial charge < -0.3 is 15.2 Å². The average molecular weight is 474 g/mol. The molecule has 1 aliphatic heterocycles. The molecule has 1 aliphatic carbocycles. The number of carbonyl (C=O) groups excluding carboxylic acids is 2. The molecule has 0 radical (unpaired) electrons. The van der Waals surface area contributed by atoms with E-state index in [2.05, 4.69) is 10.8 Å². The highest BCUT2D eigenvalue weighted by atomic mass is 16.7. The van der Waals surface area contributed by atoms with Crippen molar-refractivity contribution in [2.45, 2.75) is 83.1 Å². The minimum absolute atomic E-state index is 0.207. The first kappa shape index (κ1) is 26.2. The van der Waals surface area contributed by atoms with Gasteiger partial charge in [0, 0.05) is 26.6 Å². The fraction of sp³-hybridized carbons (Fsp3) is 0.615. The Kier molecular flexibility index (Phi) is 9.10. The van der Waals surface area contributed by atoms with E-state index in [1.54, 1.807) is 0 Å². The van der Waals surface area contributed by atoms with Crippen LogP contribution in [0.5, 0.6) is 0 Å². The number of β-amino-alcohol motifs (C(OH)–C–C–N with tert-alkyl or cyclic N) is 1. The first-order valence-electron chi connectivity index (χ1n) is 12.2. The minimum Gasteiger partial charge on any atom is -0.443 e. The molecule has 34 heavy (non-hydrogen) atoms. The number of carbonyl (C=O) groups is 2. The van der Waals surface area contributed by atoms with Crippen LogP contribution in [0.3, 0.4) is 0 Å². The second kappa shape index (κ2) is 11.8. The van der Waals surface area contributed by atoms with Crippen LogP contribution in [0.2, 0.25) is 0 Å². The van der Waals surface area contributed by atoms with Gasteiger partial charge in [-0.25, -0.2) is 10.3 Å². The fourth-order valence-corrected chi connectivity index (χ4v) is 4.56. The molecular formula is C26H39N3O5. The Hall–Kier alpha value is -2.42. The summed E-state index contributed by atoms with van der Waals surface area (Å²) in [5, 5.41) is 13.7. The van der Waals surface area contributed by atoms with Gasteiger partial charge in [-0.15, -0.1) is 0 Å². The van der Waals surface area contributed by atoms with Crippen LogP contribution in [0.4, 0.5) is 4.79 Å².